The maximum atomic E-state index is 15.1. The van der Waals surface area contributed by atoms with Gasteiger partial charge in [-0.1, -0.05) is 23.3 Å². The van der Waals surface area contributed by atoms with E-state index >= 15 is 4.79 Å². The van der Waals surface area contributed by atoms with Crippen molar-refractivity contribution in [1.82, 2.24) is 14.7 Å². The molecule has 4 aromatic rings. The number of halogens is 1. The third kappa shape index (κ3) is 4.86. The molecule has 2 aliphatic carbocycles. The van der Waals surface area contributed by atoms with Crippen molar-refractivity contribution in [2.75, 3.05) is 11.4 Å². The number of hydrogen-bond donors (Lipinski definition) is 2. The second-order valence-electron chi connectivity index (χ2n) is 15.1. The lowest BCUT2D eigenvalue weighted by Gasteiger charge is -2.49. The average molecular weight is 767 g/mol. The van der Waals surface area contributed by atoms with Gasteiger partial charge in [0.05, 0.1) is 40.7 Å². The smallest absolute Gasteiger partial charge is 0.305 e. The third-order valence-electron chi connectivity index (χ3n) is 12.3. The topological polar surface area (TPSA) is 159 Å². The summed E-state index contributed by atoms with van der Waals surface area (Å²) >= 11 is 7.85. The minimum Gasteiger partial charge on any atom is -0.508 e. The molecule has 5 heterocycles. The molecule has 3 aliphatic heterocycles. The lowest BCUT2D eigenvalue weighted by Crippen LogP contribution is -2.51. The Labute approximate surface area is 318 Å². The van der Waals surface area contributed by atoms with Crippen LogP contribution in [-0.4, -0.2) is 61.0 Å². The Hall–Kier alpha value is -5.27. The minimum atomic E-state index is -1.31. The Kier molecular flexibility index (Phi) is 7.74. The van der Waals surface area contributed by atoms with Crippen molar-refractivity contribution in [1.29, 1.82) is 0 Å². The number of aliphatic carboxylic acids is 1. The van der Waals surface area contributed by atoms with E-state index in [1.54, 1.807) is 47.5 Å². The number of imide groups is 2. The predicted octanol–water partition coefficient (Wildman–Crippen LogP) is 6.03. The van der Waals surface area contributed by atoms with Crippen LogP contribution in [0.25, 0.3) is 20.7 Å². The van der Waals surface area contributed by atoms with Gasteiger partial charge >= 0.3 is 5.97 Å². The molecule has 2 aromatic heterocycles. The van der Waals surface area contributed by atoms with E-state index < -0.39 is 64.6 Å². The molecule has 3 fully saturated rings. The monoisotopic (exact) mass is 766 g/mol. The van der Waals surface area contributed by atoms with Gasteiger partial charge in [-0.25, -0.2) is 4.90 Å². The SMILES string of the molecule is Cc1c(-c2cc(N3C(=O)[C@@H]4C[C@@H]5C(=CC[C@@H]6C(=O)N(CCC(=O)O)C(=O)[C@@H]65)[C@H](C5=COc6ccc(O)cc6C5)[C@]4(C)C3=O)n(C)n2)sc2ccc(Cl)cc12. The summed E-state index contributed by atoms with van der Waals surface area (Å²) in [5, 5.41) is 26.1. The van der Waals surface area contributed by atoms with E-state index in [0.717, 1.165) is 31.0 Å². The van der Waals surface area contributed by atoms with Crippen LogP contribution in [-0.2, 0) is 37.4 Å². The Bertz CT molecular complexity index is 2450. The van der Waals surface area contributed by atoms with Gasteiger partial charge in [-0.15, -0.1) is 11.3 Å². The number of rotatable bonds is 6. The van der Waals surface area contributed by atoms with Crippen LogP contribution in [0.3, 0.4) is 0 Å². The summed E-state index contributed by atoms with van der Waals surface area (Å²) in [6.45, 7) is 3.57. The second-order valence-corrected chi connectivity index (χ2v) is 16.6. The van der Waals surface area contributed by atoms with E-state index in [1.807, 2.05) is 38.1 Å². The van der Waals surface area contributed by atoms with Crippen molar-refractivity contribution in [3.8, 4) is 22.1 Å². The summed E-state index contributed by atoms with van der Waals surface area (Å²) in [5.74, 6) is -5.47. The lowest BCUT2D eigenvalue weighted by molar-refractivity contribution is -0.142. The molecule has 1 saturated carbocycles. The van der Waals surface area contributed by atoms with Crippen LogP contribution in [0.4, 0.5) is 5.82 Å². The highest BCUT2D eigenvalue weighted by molar-refractivity contribution is 7.22. The number of fused-ring (bicyclic) bond motifs is 6. The van der Waals surface area contributed by atoms with Gasteiger partial charge in [0.2, 0.25) is 23.6 Å². The van der Waals surface area contributed by atoms with Crippen molar-refractivity contribution in [3.05, 3.63) is 82.1 Å². The van der Waals surface area contributed by atoms with Gasteiger partial charge in [-0.3, -0.25) is 33.6 Å². The van der Waals surface area contributed by atoms with Crippen LogP contribution < -0.4 is 9.64 Å². The number of nitrogens with zero attached hydrogens (tertiary/aromatic N) is 4. The molecule has 14 heteroatoms. The van der Waals surface area contributed by atoms with Crippen LogP contribution in [0.5, 0.6) is 11.5 Å². The fourth-order valence-corrected chi connectivity index (χ4v) is 11.1. The molecule has 2 N–H and O–H groups in total. The molecule has 9 rings (SSSR count). The first kappa shape index (κ1) is 34.5. The number of likely N-dealkylation sites (tertiary alicyclic amines) is 1. The quantitative estimate of drug-likeness (QED) is 0.177. The summed E-state index contributed by atoms with van der Waals surface area (Å²) in [6, 6.07) is 12.3. The first-order valence-electron chi connectivity index (χ1n) is 17.8. The summed E-state index contributed by atoms with van der Waals surface area (Å²) in [6.07, 6.45) is 3.90. The summed E-state index contributed by atoms with van der Waals surface area (Å²) in [5.41, 5.74) is 2.50. The molecule has 0 bridgehead atoms. The Balaban J connectivity index is 1.14. The van der Waals surface area contributed by atoms with Gasteiger partial charge in [0.1, 0.15) is 23.0 Å². The number of carbonyl (C=O) groups excluding carboxylic acids is 4. The summed E-state index contributed by atoms with van der Waals surface area (Å²) in [4.78, 5) is 72.2. The molecule has 0 unspecified atom stereocenters. The maximum Gasteiger partial charge on any atom is 0.305 e. The zero-order valence-electron chi connectivity index (χ0n) is 29.5. The fraction of sp³-hybridized carbons (Fsp3) is 0.350. The van der Waals surface area contributed by atoms with Crippen molar-refractivity contribution < 1.29 is 38.9 Å². The minimum absolute atomic E-state index is 0.0581. The van der Waals surface area contributed by atoms with Gasteiger partial charge in [0, 0.05) is 47.3 Å². The number of carbonyl (C=O) groups is 5. The number of carboxylic acid groups (broad SMARTS) is 1. The molecule has 5 aliphatic rings. The van der Waals surface area contributed by atoms with Crippen molar-refractivity contribution in [2.45, 2.75) is 39.5 Å². The molecule has 2 aromatic carbocycles. The number of anilines is 1. The maximum absolute atomic E-state index is 15.1. The second kappa shape index (κ2) is 12.1. The average Bonchev–Trinajstić information content (AvgIpc) is 3.80. The molecule has 0 radical (unpaired) electrons. The van der Waals surface area contributed by atoms with E-state index in [1.165, 1.54) is 11.0 Å². The van der Waals surface area contributed by atoms with Crippen LogP contribution >= 0.6 is 22.9 Å². The van der Waals surface area contributed by atoms with Crippen LogP contribution in [0.1, 0.15) is 37.3 Å². The van der Waals surface area contributed by atoms with Gasteiger partial charge < -0.3 is 14.9 Å². The first-order chi connectivity index (χ1) is 25.8. The van der Waals surface area contributed by atoms with Gasteiger partial charge in [-0.2, -0.15) is 5.10 Å². The number of allylic oxidation sites excluding steroid dienone is 3. The number of hydrogen-bond acceptors (Lipinski definition) is 9. The predicted molar refractivity (Wildman–Crippen MR) is 199 cm³/mol. The third-order valence-corrected chi connectivity index (χ3v) is 13.8. The van der Waals surface area contributed by atoms with E-state index in [2.05, 4.69) is 0 Å². The number of phenols is 1. The van der Waals surface area contributed by atoms with Crippen LogP contribution in [0.15, 0.2) is 65.9 Å². The van der Waals surface area contributed by atoms with E-state index in [0.29, 0.717) is 39.8 Å². The van der Waals surface area contributed by atoms with E-state index in [9.17, 15) is 29.4 Å². The Morgan fingerprint density at radius 2 is 1.87 bits per heavy atom. The number of aryl methyl sites for hydroxylation is 2. The Morgan fingerprint density at radius 3 is 2.65 bits per heavy atom. The van der Waals surface area contributed by atoms with Gasteiger partial charge in [0.25, 0.3) is 0 Å². The molecule has 6 atom stereocenters. The molecular weight excluding hydrogens is 732 g/mol. The zero-order chi connectivity index (χ0) is 38.0. The number of thiophene rings is 1. The van der Waals surface area contributed by atoms with Gasteiger partial charge in [0.15, 0.2) is 0 Å². The molecule has 54 heavy (non-hydrogen) atoms. The van der Waals surface area contributed by atoms with Crippen LogP contribution in [0.2, 0.25) is 5.02 Å². The van der Waals surface area contributed by atoms with Crippen LogP contribution in [0, 0.1) is 41.9 Å². The zero-order valence-corrected chi connectivity index (χ0v) is 31.1. The summed E-state index contributed by atoms with van der Waals surface area (Å²) in [7, 11) is 1.70. The van der Waals surface area contributed by atoms with Crippen molar-refractivity contribution >= 4 is 68.4 Å². The highest BCUT2D eigenvalue weighted by Crippen LogP contribution is 2.63. The number of aromatic nitrogens is 2. The normalized spacial score (nSPS) is 27.4. The molecule has 12 nitrogen and oxygen atoms in total. The summed E-state index contributed by atoms with van der Waals surface area (Å²) < 4.78 is 8.66. The molecule has 276 valence electrons. The van der Waals surface area contributed by atoms with Crippen molar-refractivity contribution in [3.63, 3.8) is 0 Å². The molecule has 4 amide bonds. The number of ether oxygens (including phenoxy) is 1. The largest absolute Gasteiger partial charge is 0.508 e. The number of benzene rings is 2. The fourth-order valence-electron chi connectivity index (χ4n) is 9.77. The molecular formula is C40H35ClN4O8S. The number of amides is 4. The highest BCUT2D eigenvalue weighted by Gasteiger charge is 2.68. The molecule has 2 saturated heterocycles. The van der Waals surface area contributed by atoms with Gasteiger partial charge in [-0.05, 0) is 85.5 Å². The number of aromatic hydroxyl groups is 1. The first-order valence-corrected chi connectivity index (χ1v) is 19.0. The molecule has 0 spiro atoms. The van der Waals surface area contributed by atoms with E-state index in [-0.39, 0.29) is 31.6 Å². The Morgan fingerprint density at radius 1 is 1.07 bits per heavy atom. The van der Waals surface area contributed by atoms with E-state index in [4.69, 9.17) is 21.4 Å². The number of carboxylic acids is 1. The van der Waals surface area contributed by atoms with Crippen molar-refractivity contribution in [2.24, 2.45) is 42.1 Å². The highest BCUT2D eigenvalue weighted by atomic mass is 35.5. The number of phenolic OH excluding ortho intramolecular Hbond substituents is 1. The lowest BCUT2D eigenvalue weighted by atomic mass is 9.51. The standard InChI is InChI=1S/C40H35ClN4O8S/c1-18-25-14-21(41)4-9-30(25)54-35(18)28-16-31(43(3)42-28)45-37(50)27-15-26-23(6-7-24-33(26)38(51)44(36(24)49)11-10-32(47)48)34(40(27,2)39(45)52)20-12-19-13-22(46)5-8-29(19)53-17-20/h4-6,8-9,13-14,16-17,24,26-27,33-34,46H,7,10-12,15H2,1-3H3,(H,47,48)/t24-,26+,27-,33-,34-,40+/m0/s1.